The molecule has 2 heterocycles. The predicted octanol–water partition coefficient (Wildman–Crippen LogP) is 3.33. The van der Waals surface area contributed by atoms with E-state index in [1.807, 2.05) is 28.8 Å². The van der Waals surface area contributed by atoms with Crippen LogP contribution in [0.5, 0.6) is 0 Å². The summed E-state index contributed by atoms with van der Waals surface area (Å²) in [6.07, 6.45) is 2.69. The van der Waals surface area contributed by atoms with Crippen LogP contribution in [-0.4, -0.2) is 14.5 Å². The van der Waals surface area contributed by atoms with Crippen molar-refractivity contribution < 1.29 is 0 Å². The van der Waals surface area contributed by atoms with Gasteiger partial charge in [-0.25, -0.2) is 9.97 Å². The Hall–Kier alpha value is -1.88. The van der Waals surface area contributed by atoms with E-state index in [0.29, 0.717) is 5.95 Å². The molecule has 0 fully saturated rings. The quantitative estimate of drug-likeness (QED) is 0.789. The molecule has 0 bridgehead atoms. The summed E-state index contributed by atoms with van der Waals surface area (Å²) in [5, 5.41) is 0. The summed E-state index contributed by atoms with van der Waals surface area (Å²) in [6.45, 7) is 2.12. The molecular formula is C14H13BrN4. The highest BCUT2D eigenvalue weighted by Gasteiger charge is 2.13. The summed E-state index contributed by atoms with van der Waals surface area (Å²) >= 11 is 3.40. The molecule has 5 heteroatoms. The van der Waals surface area contributed by atoms with Crippen molar-refractivity contribution >= 4 is 33.0 Å². The average Bonchev–Trinajstić information content (AvgIpc) is 2.73. The number of halogens is 1. The first-order valence-electron chi connectivity index (χ1n) is 6.08. The molecule has 19 heavy (non-hydrogen) atoms. The number of para-hydroxylation sites is 1. The number of rotatable bonds is 2. The molecule has 0 unspecified atom stereocenters. The standard InChI is InChI=1S/C14H13BrN4/c1-2-9-5-3-4-6-12(9)19-13-11(18-14(19)16)7-10(15)8-17-13/h3-8H,2H2,1H3,(H2,16,18). The van der Waals surface area contributed by atoms with E-state index in [1.165, 1.54) is 5.56 Å². The number of hydrogen-bond donors (Lipinski definition) is 1. The van der Waals surface area contributed by atoms with Gasteiger partial charge in [-0.15, -0.1) is 0 Å². The first kappa shape index (κ1) is 12.2. The second-order valence-electron chi connectivity index (χ2n) is 4.28. The van der Waals surface area contributed by atoms with Gasteiger partial charge in [0.2, 0.25) is 5.95 Å². The van der Waals surface area contributed by atoms with E-state index in [2.05, 4.69) is 38.9 Å². The molecule has 3 aromatic rings. The maximum absolute atomic E-state index is 6.06. The number of imidazole rings is 1. The van der Waals surface area contributed by atoms with E-state index in [4.69, 9.17) is 5.73 Å². The molecule has 2 N–H and O–H groups in total. The van der Waals surface area contributed by atoms with Crippen LogP contribution in [0.1, 0.15) is 12.5 Å². The van der Waals surface area contributed by atoms with Gasteiger partial charge >= 0.3 is 0 Å². The SMILES string of the molecule is CCc1ccccc1-n1c(N)nc2cc(Br)cnc21. The van der Waals surface area contributed by atoms with Gasteiger partial charge in [-0.05, 0) is 40.0 Å². The summed E-state index contributed by atoms with van der Waals surface area (Å²) in [6, 6.07) is 10.1. The lowest BCUT2D eigenvalue weighted by Gasteiger charge is -2.10. The molecule has 0 saturated heterocycles. The molecule has 0 spiro atoms. The molecule has 1 aromatic carbocycles. The number of nitrogen functional groups attached to an aromatic ring is 1. The fourth-order valence-corrected chi connectivity index (χ4v) is 2.54. The highest BCUT2D eigenvalue weighted by atomic mass is 79.9. The van der Waals surface area contributed by atoms with Crippen molar-refractivity contribution in [1.29, 1.82) is 0 Å². The van der Waals surface area contributed by atoms with E-state index in [9.17, 15) is 0 Å². The van der Waals surface area contributed by atoms with Gasteiger partial charge in [0.15, 0.2) is 5.65 Å². The summed E-state index contributed by atoms with van der Waals surface area (Å²) in [4.78, 5) is 8.80. The smallest absolute Gasteiger partial charge is 0.207 e. The highest BCUT2D eigenvalue weighted by molar-refractivity contribution is 9.10. The van der Waals surface area contributed by atoms with Gasteiger partial charge in [-0.1, -0.05) is 25.1 Å². The number of benzene rings is 1. The van der Waals surface area contributed by atoms with Crippen LogP contribution in [0.4, 0.5) is 5.95 Å². The zero-order valence-corrected chi connectivity index (χ0v) is 12.1. The van der Waals surface area contributed by atoms with Crippen LogP contribution in [-0.2, 0) is 6.42 Å². The lowest BCUT2D eigenvalue weighted by molar-refractivity contribution is 1.02. The Morgan fingerprint density at radius 1 is 1.32 bits per heavy atom. The van der Waals surface area contributed by atoms with Gasteiger partial charge in [-0.2, -0.15) is 0 Å². The van der Waals surface area contributed by atoms with Crippen molar-refractivity contribution in [2.45, 2.75) is 13.3 Å². The average molecular weight is 317 g/mol. The molecule has 0 amide bonds. The van der Waals surface area contributed by atoms with Crippen LogP contribution in [0.15, 0.2) is 41.0 Å². The molecule has 3 rings (SSSR count). The van der Waals surface area contributed by atoms with E-state index in [0.717, 1.165) is 27.7 Å². The topological polar surface area (TPSA) is 56.7 Å². The van der Waals surface area contributed by atoms with Crippen LogP contribution < -0.4 is 5.73 Å². The molecule has 2 aromatic heterocycles. The summed E-state index contributed by atoms with van der Waals surface area (Å²) in [5.74, 6) is 0.460. The van der Waals surface area contributed by atoms with Crippen LogP contribution >= 0.6 is 15.9 Å². The van der Waals surface area contributed by atoms with E-state index < -0.39 is 0 Å². The second kappa shape index (κ2) is 4.66. The fourth-order valence-electron chi connectivity index (χ4n) is 2.22. The minimum absolute atomic E-state index is 0.460. The molecule has 0 atom stereocenters. The Morgan fingerprint density at radius 2 is 2.11 bits per heavy atom. The number of hydrogen-bond acceptors (Lipinski definition) is 3. The second-order valence-corrected chi connectivity index (χ2v) is 5.20. The minimum atomic E-state index is 0.460. The van der Waals surface area contributed by atoms with Crippen molar-refractivity contribution in [2.24, 2.45) is 0 Å². The summed E-state index contributed by atoms with van der Waals surface area (Å²) in [5.41, 5.74) is 9.89. The van der Waals surface area contributed by atoms with Gasteiger partial charge in [0.25, 0.3) is 0 Å². The molecule has 0 aliphatic heterocycles. The molecule has 96 valence electrons. The molecular weight excluding hydrogens is 304 g/mol. The first-order valence-corrected chi connectivity index (χ1v) is 6.87. The third-order valence-electron chi connectivity index (χ3n) is 3.10. The zero-order chi connectivity index (χ0) is 13.4. The van der Waals surface area contributed by atoms with Gasteiger partial charge in [0.05, 0.1) is 5.69 Å². The largest absolute Gasteiger partial charge is 0.369 e. The fraction of sp³-hybridized carbons (Fsp3) is 0.143. The van der Waals surface area contributed by atoms with Crippen molar-refractivity contribution in [3.63, 3.8) is 0 Å². The van der Waals surface area contributed by atoms with Gasteiger partial charge in [0, 0.05) is 10.7 Å². The molecule has 0 radical (unpaired) electrons. The van der Waals surface area contributed by atoms with Crippen LogP contribution in [0, 0.1) is 0 Å². The minimum Gasteiger partial charge on any atom is -0.369 e. The van der Waals surface area contributed by atoms with Crippen LogP contribution in [0.2, 0.25) is 0 Å². The van der Waals surface area contributed by atoms with Gasteiger partial charge in [-0.3, -0.25) is 4.57 Å². The normalized spacial score (nSPS) is 11.1. The molecule has 4 nitrogen and oxygen atoms in total. The third-order valence-corrected chi connectivity index (χ3v) is 3.54. The van der Waals surface area contributed by atoms with Crippen molar-refractivity contribution in [1.82, 2.24) is 14.5 Å². The number of aromatic nitrogens is 3. The number of aryl methyl sites for hydroxylation is 1. The Morgan fingerprint density at radius 3 is 2.89 bits per heavy atom. The van der Waals surface area contributed by atoms with E-state index >= 15 is 0 Å². The highest BCUT2D eigenvalue weighted by Crippen LogP contribution is 2.25. The van der Waals surface area contributed by atoms with Crippen molar-refractivity contribution in [2.75, 3.05) is 5.73 Å². The number of pyridine rings is 1. The van der Waals surface area contributed by atoms with Crippen molar-refractivity contribution in [3.8, 4) is 5.69 Å². The van der Waals surface area contributed by atoms with Crippen molar-refractivity contribution in [3.05, 3.63) is 46.6 Å². The van der Waals surface area contributed by atoms with Crippen LogP contribution in [0.3, 0.4) is 0 Å². The predicted molar refractivity (Wildman–Crippen MR) is 80.4 cm³/mol. The molecule has 0 saturated carbocycles. The number of nitrogens with two attached hydrogens (primary N) is 1. The Bertz CT molecular complexity index is 748. The number of anilines is 1. The molecule has 0 aliphatic rings. The van der Waals surface area contributed by atoms with Gasteiger partial charge in [0.1, 0.15) is 5.52 Å². The maximum atomic E-state index is 6.06. The maximum Gasteiger partial charge on any atom is 0.207 e. The Labute approximate surface area is 119 Å². The van der Waals surface area contributed by atoms with Gasteiger partial charge < -0.3 is 5.73 Å². The Balaban J connectivity index is 2.33. The lowest BCUT2D eigenvalue weighted by Crippen LogP contribution is -2.04. The number of fused-ring (bicyclic) bond motifs is 1. The molecule has 0 aliphatic carbocycles. The lowest BCUT2D eigenvalue weighted by atomic mass is 10.1. The van der Waals surface area contributed by atoms with E-state index in [-0.39, 0.29) is 0 Å². The summed E-state index contributed by atoms with van der Waals surface area (Å²) < 4.78 is 2.80. The zero-order valence-electron chi connectivity index (χ0n) is 10.5. The van der Waals surface area contributed by atoms with Crippen LogP contribution in [0.25, 0.3) is 16.9 Å². The third kappa shape index (κ3) is 2.00. The van der Waals surface area contributed by atoms with E-state index in [1.54, 1.807) is 6.20 Å². The first-order chi connectivity index (χ1) is 9.20. The summed E-state index contributed by atoms with van der Waals surface area (Å²) in [7, 11) is 0. The number of nitrogens with zero attached hydrogens (tertiary/aromatic N) is 3. The monoisotopic (exact) mass is 316 g/mol. The Kier molecular flexibility index (Phi) is 2.98.